The fraction of sp³-hybridized carbons (Fsp3) is 0. The quantitative estimate of drug-likeness (QED) is 0.373. The van der Waals surface area contributed by atoms with E-state index in [-0.39, 0.29) is 0 Å². The van der Waals surface area contributed by atoms with Gasteiger partial charge < -0.3 is 17.1 Å². The second-order valence-electron chi connectivity index (χ2n) is 1.08. The van der Waals surface area contributed by atoms with Crippen molar-refractivity contribution >= 4 is 29.5 Å². The molecule has 0 aromatic rings. The maximum absolute atomic E-state index is 8.59. The predicted molar refractivity (Wildman–Crippen MR) is 29.7 cm³/mol. The van der Waals surface area contributed by atoms with Crippen LogP contribution in [0.15, 0.2) is 0 Å². The summed E-state index contributed by atoms with van der Waals surface area (Å²) in [7, 11) is -3.68. The van der Waals surface area contributed by atoms with Gasteiger partial charge in [-0.05, 0) is 0 Å². The average Bonchev–Trinajstić information content (AvgIpc) is 1.69. The van der Waals surface area contributed by atoms with Crippen molar-refractivity contribution in [1.82, 2.24) is 0 Å². The first-order valence-corrected chi connectivity index (χ1v) is 5.65. The van der Waals surface area contributed by atoms with Gasteiger partial charge in [-0.1, -0.05) is 0 Å². The molecule has 0 saturated carbocycles. The molecule has 4 nitrogen and oxygen atoms in total. The lowest BCUT2D eigenvalue weighted by atomic mass is 15.6. The Morgan fingerprint density at radius 1 is 1.29 bits per heavy atom. The van der Waals surface area contributed by atoms with Gasteiger partial charge in [0.1, 0.15) is 0 Å². The summed E-state index contributed by atoms with van der Waals surface area (Å²) in [5.74, 6) is 0. The molecule has 1 aliphatic heterocycles. The second kappa shape index (κ2) is 2.71. The molecule has 1 heterocycles. The van der Waals surface area contributed by atoms with Gasteiger partial charge in [0.05, 0.1) is 0 Å². The molecule has 0 aromatic carbocycles. The first-order valence-electron chi connectivity index (χ1n) is 1.88. The number of hydrogen-bond acceptors (Lipinski definition) is 4. The van der Waals surface area contributed by atoms with E-state index in [1.54, 1.807) is 0 Å². The summed E-state index contributed by atoms with van der Waals surface area (Å²) in [6.45, 7) is 0. The zero-order chi connectivity index (χ0) is 5.11. The maximum atomic E-state index is 8.59. The van der Waals surface area contributed by atoms with E-state index in [0.717, 1.165) is 0 Å². The van der Waals surface area contributed by atoms with Crippen LogP contribution in [0.3, 0.4) is 0 Å². The van der Waals surface area contributed by atoms with E-state index in [9.17, 15) is 0 Å². The van der Waals surface area contributed by atoms with Gasteiger partial charge in [0.25, 0.3) is 20.0 Å². The summed E-state index contributed by atoms with van der Waals surface area (Å²) >= 11 is 0. The third-order valence-electron chi connectivity index (χ3n) is 0.588. The standard InChI is InChI=1S/H6O4Si3/c1-7-3-5-2-6-4-7/h1,7H,5-6H2. The number of hydrogen-bond donors (Lipinski definition) is 1. The fourth-order valence-electron chi connectivity index (χ4n) is 0.295. The maximum Gasteiger partial charge on any atom is 0.462 e. The summed E-state index contributed by atoms with van der Waals surface area (Å²) in [6.07, 6.45) is 0. The Balaban J connectivity index is 2.12. The van der Waals surface area contributed by atoms with Gasteiger partial charge in [-0.15, -0.1) is 0 Å². The van der Waals surface area contributed by atoms with Crippen LogP contribution in [0.4, 0.5) is 0 Å². The van der Waals surface area contributed by atoms with Crippen molar-refractivity contribution in [1.29, 1.82) is 0 Å². The SMILES string of the molecule is O[SiH]1O[SiH2]O[SiH2]O1. The highest BCUT2D eigenvalue weighted by Gasteiger charge is 2.13. The van der Waals surface area contributed by atoms with Crippen LogP contribution in [-0.4, -0.2) is 34.3 Å². The van der Waals surface area contributed by atoms with Crippen LogP contribution >= 0.6 is 0 Å². The minimum absolute atomic E-state index is 0.791. The van der Waals surface area contributed by atoms with Gasteiger partial charge in [0.2, 0.25) is 0 Å². The van der Waals surface area contributed by atoms with Gasteiger partial charge in [-0.3, -0.25) is 0 Å². The second-order valence-corrected chi connectivity index (χ2v) is 6.47. The monoisotopic (exact) mass is 154 g/mol. The molecule has 1 N–H and O–H groups in total. The van der Waals surface area contributed by atoms with E-state index in [1.807, 2.05) is 0 Å². The molecule has 7 heteroatoms. The van der Waals surface area contributed by atoms with Crippen molar-refractivity contribution in [2.24, 2.45) is 0 Å². The van der Waals surface area contributed by atoms with Crippen molar-refractivity contribution in [2.75, 3.05) is 0 Å². The molecule has 1 rings (SSSR count). The summed E-state index contributed by atoms with van der Waals surface area (Å²) < 4.78 is 14.3. The molecule has 0 unspecified atom stereocenters. The van der Waals surface area contributed by atoms with Crippen LogP contribution in [0.2, 0.25) is 0 Å². The molecule has 0 amide bonds. The molecule has 0 atom stereocenters. The van der Waals surface area contributed by atoms with E-state index >= 15 is 0 Å². The van der Waals surface area contributed by atoms with E-state index in [2.05, 4.69) is 0 Å². The average molecular weight is 154 g/mol. The van der Waals surface area contributed by atoms with Crippen LogP contribution in [0.25, 0.3) is 0 Å². The van der Waals surface area contributed by atoms with Crippen molar-refractivity contribution in [3.8, 4) is 0 Å². The lowest BCUT2D eigenvalue weighted by Gasteiger charge is -2.15. The molecule has 42 valence electrons. The third kappa shape index (κ3) is 1.82. The van der Waals surface area contributed by atoms with Gasteiger partial charge >= 0.3 is 9.53 Å². The van der Waals surface area contributed by atoms with Crippen molar-refractivity contribution in [3.63, 3.8) is 0 Å². The summed E-state index contributed by atoms with van der Waals surface area (Å²) in [5, 5.41) is 0. The lowest BCUT2D eigenvalue weighted by molar-refractivity contribution is 0.243. The van der Waals surface area contributed by atoms with Crippen LogP contribution in [0.1, 0.15) is 0 Å². The Kier molecular flexibility index (Phi) is 2.18. The highest BCUT2D eigenvalue weighted by molar-refractivity contribution is 6.56. The molecule has 0 bridgehead atoms. The highest BCUT2D eigenvalue weighted by atomic mass is 28.4. The Bertz CT molecular complexity index is 48.9. The molecule has 1 fully saturated rings. The summed E-state index contributed by atoms with van der Waals surface area (Å²) in [4.78, 5) is 8.59. The summed E-state index contributed by atoms with van der Waals surface area (Å²) in [5.41, 5.74) is 0. The molecule has 0 aromatic heterocycles. The summed E-state index contributed by atoms with van der Waals surface area (Å²) in [6, 6.07) is 0. The molecule has 0 spiro atoms. The van der Waals surface area contributed by atoms with Gasteiger partial charge in [-0.2, -0.15) is 0 Å². The van der Waals surface area contributed by atoms with Gasteiger partial charge in [-0.25, -0.2) is 0 Å². The van der Waals surface area contributed by atoms with Crippen molar-refractivity contribution in [2.45, 2.75) is 0 Å². The molecular formula is H6O4Si3. The third-order valence-corrected chi connectivity index (χ3v) is 5.29. The normalized spacial score (nSPS) is 39.9. The lowest BCUT2D eigenvalue weighted by Crippen LogP contribution is -2.34. The highest BCUT2D eigenvalue weighted by Crippen LogP contribution is 1.87. The first-order chi connectivity index (χ1) is 3.39. The Labute approximate surface area is 47.5 Å². The van der Waals surface area contributed by atoms with Crippen LogP contribution in [0, 0.1) is 0 Å². The Morgan fingerprint density at radius 2 is 1.86 bits per heavy atom. The zero-order valence-corrected chi connectivity index (χ0v) is 7.65. The topological polar surface area (TPSA) is 47.9 Å². The Hall–Kier alpha value is 0.491. The Morgan fingerprint density at radius 3 is 2.14 bits per heavy atom. The smallest absolute Gasteiger partial charge is 0.425 e. The molecule has 0 radical (unpaired) electrons. The molecule has 1 aliphatic rings. The van der Waals surface area contributed by atoms with E-state index in [0.29, 0.717) is 0 Å². The fourth-order valence-corrected chi connectivity index (χ4v) is 5.25. The zero-order valence-electron chi connectivity index (χ0n) is 3.66. The van der Waals surface area contributed by atoms with E-state index in [1.165, 1.54) is 0 Å². The number of rotatable bonds is 0. The minimum Gasteiger partial charge on any atom is -0.425 e. The van der Waals surface area contributed by atoms with Crippen molar-refractivity contribution in [3.05, 3.63) is 0 Å². The van der Waals surface area contributed by atoms with Gasteiger partial charge in [0, 0.05) is 0 Å². The van der Waals surface area contributed by atoms with Crippen molar-refractivity contribution < 1.29 is 17.1 Å². The minimum atomic E-state index is -2.10. The largest absolute Gasteiger partial charge is 0.462 e. The molecular weight excluding hydrogens is 148 g/mol. The molecule has 0 aliphatic carbocycles. The van der Waals surface area contributed by atoms with Crippen LogP contribution in [-0.2, 0) is 12.3 Å². The predicted octanol–water partition coefficient (Wildman–Crippen LogP) is -3.24. The van der Waals surface area contributed by atoms with Crippen LogP contribution in [0.5, 0.6) is 0 Å². The molecule has 7 heavy (non-hydrogen) atoms. The molecule has 1 saturated heterocycles. The van der Waals surface area contributed by atoms with Crippen LogP contribution < -0.4 is 0 Å². The first kappa shape index (κ1) is 5.62. The van der Waals surface area contributed by atoms with E-state index < -0.39 is 29.5 Å². The van der Waals surface area contributed by atoms with Gasteiger partial charge in [0.15, 0.2) is 0 Å². The van der Waals surface area contributed by atoms with E-state index in [4.69, 9.17) is 17.1 Å².